The number of nitrogens with one attached hydrogen (secondary N) is 1. The lowest BCUT2D eigenvalue weighted by atomic mass is 10.0. The van der Waals surface area contributed by atoms with Crippen LogP contribution in [-0.4, -0.2) is 28.8 Å². The molecule has 0 spiro atoms. The Labute approximate surface area is 173 Å². The highest BCUT2D eigenvalue weighted by Gasteiger charge is 2.29. The van der Waals surface area contributed by atoms with Gasteiger partial charge in [-0.15, -0.1) is 0 Å². The molecule has 0 saturated carbocycles. The fraction of sp³-hybridized carbons (Fsp3) is 0.261. The topological polar surface area (TPSA) is 73.2 Å². The lowest BCUT2D eigenvalue weighted by Crippen LogP contribution is -2.31. The molecule has 0 radical (unpaired) electrons. The summed E-state index contributed by atoms with van der Waals surface area (Å²) in [5.41, 5.74) is 3.74. The zero-order chi connectivity index (χ0) is 21.1. The van der Waals surface area contributed by atoms with E-state index < -0.39 is 12.0 Å². The number of methoxy groups -OCH3 is 1. The lowest BCUT2D eigenvalue weighted by Gasteiger charge is -2.18. The van der Waals surface area contributed by atoms with Gasteiger partial charge < -0.3 is 10.1 Å². The van der Waals surface area contributed by atoms with Crippen LogP contribution in [-0.2, 0) is 22.4 Å². The Hall–Kier alpha value is -3.48. The van der Waals surface area contributed by atoms with E-state index in [1.165, 1.54) is 19.2 Å². The first-order chi connectivity index (χ1) is 14.6. The van der Waals surface area contributed by atoms with Gasteiger partial charge in [0.1, 0.15) is 5.82 Å². The molecule has 0 bridgehead atoms. The third kappa shape index (κ3) is 3.96. The van der Waals surface area contributed by atoms with E-state index in [1.54, 1.807) is 16.8 Å². The second kappa shape index (κ2) is 8.49. The molecular weight excluding hydrogens is 385 g/mol. The third-order valence-corrected chi connectivity index (χ3v) is 5.32. The minimum Gasteiger partial charge on any atom is -0.469 e. The second-order valence-corrected chi connectivity index (χ2v) is 7.23. The Morgan fingerprint density at radius 3 is 2.57 bits per heavy atom. The van der Waals surface area contributed by atoms with Crippen molar-refractivity contribution < 1.29 is 18.7 Å². The summed E-state index contributed by atoms with van der Waals surface area (Å²) in [6.07, 6.45) is 2.51. The van der Waals surface area contributed by atoms with Gasteiger partial charge >= 0.3 is 5.97 Å². The van der Waals surface area contributed by atoms with Crippen molar-refractivity contribution >= 4 is 11.9 Å². The summed E-state index contributed by atoms with van der Waals surface area (Å²) in [6, 6.07) is 14.8. The molecule has 0 aliphatic heterocycles. The third-order valence-electron chi connectivity index (χ3n) is 5.32. The molecule has 2 aromatic carbocycles. The predicted octanol–water partition coefficient (Wildman–Crippen LogP) is 3.53. The molecule has 0 saturated heterocycles. The number of rotatable bonds is 6. The maximum absolute atomic E-state index is 13.3. The molecule has 1 N–H and O–H groups in total. The minimum atomic E-state index is -0.529. The lowest BCUT2D eigenvalue weighted by molar-refractivity contribution is -0.141. The van der Waals surface area contributed by atoms with E-state index >= 15 is 0 Å². The average Bonchev–Trinajstić information content (AvgIpc) is 3.37. The monoisotopic (exact) mass is 407 g/mol. The highest BCUT2D eigenvalue weighted by atomic mass is 19.1. The van der Waals surface area contributed by atoms with E-state index in [2.05, 4.69) is 10.4 Å². The van der Waals surface area contributed by atoms with Crippen molar-refractivity contribution in [1.82, 2.24) is 15.1 Å². The van der Waals surface area contributed by atoms with Crippen molar-refractivity contribution in [3.05, 3.63) is 82.9 Å². The summed E-state index contributed by atoms with van der Waals surface area (Å²) in [5, 5.41) is 7.49. The van der Waals surface area contributed by atoms with Crippen molar-refractivity contribution in [2.24, 2.45) is 0 Å². The molecule has 6 nitrogen and oxygen atoms in total. The summed E-state index contributed by atoms with van der Waals surface area (Å²) < 4.78 is 19.8. The number of carbonyl (C=O) groups is 2. The average molecular weight is 407 g/mol. The van der Waals surface area contributed by atoms with Crippen molar-refractivity contribution in [3.63, 3.8) is 0 Å². The Morgan fingerprint density at radius 2 is 1.87 bits per heavy atom. The van der Waals surface area contributed by atoms with Gasteiger partial charge in [0, 0.05) is 11.3 Å². The van der Waals surface area contributed by atoms with Crippen LogP contribution in [0.4, 0.5) is 4.39 Å². The number of aromatic nitrogens is 2. The quantitative estimate of drug-likeness (QED) is 0.635. The van der Waals surface area contributed by atoms with Crippen molar-refractivity contribution in [2.45, 2.75) is 31.7 Å². The normalized spacial score (nSPS) is 13.5. The molecule has 1 atom stereocenters. The van der Waals surface area contributed by atoms with Crippen molar-refractivity contribution in [2.75, 3.05) is 7.11 Å². The first kappa shape index (κ1) is 19.8. The molecule has 0 fully saturated rings. The number of amides is 1. The van der Waals surface area contributed by atoms with Crippen LogP contribution in [0.3, 0.4) is 0 Å². The number of ether oxygens (including phenoxy) is 1. The minimum absolute atomic E-state index is 0.0209. The molecular formula is C23H22FN3O3. The molecule has 0 unspecified atom stereocenters. The maximum Gasteiger partial charge on any atom is 0.307 e. The summed E-state index contributed by atoms with van der Waals surface area (Å²) in [5.74, 6) is -1.08. The molecule has 1 aliphatic carbocycles. The predicted molar refractivity (Wildman–Crippen MR) is 109 cm³/mol. The van der Waals surface area contributed by atoms with Gasteiger partial charge in [-0.25, -0.2) is 9.07 Å². The summed E-state index contributed by atoms with van der Waals surface area (Å²) >= 11 is 0. The van der Waals surface area contributed by atoms with Gasteiger partial charge in [-0.05, 0) is 49.1 Å². The van der Waals surface area contributed by atoms with Crippen LogP contribution in [0.15, 0.2) is 54.6 Å². The number of esters is 1. The molecule has 30 heavy (non-hydrogen) atoms. The van der Waals surface area contributed by atoms with Gasteiger partial charge in [-0.3, -0.25) is 9.59 Å². The maximum atomic E-state index is 13.3. The fourth-order valence-electron chi connectivity index (χ4n) is 3.83. The van der Waals surface area contributed by atoms with Gasteiger partial charge in [0.15, 0.2) is 5.69 Å². The molecule has 3 aromatic rings. The SMILES string of the molecule is COC(=O)C[C@H](NC(=O)c1nn(-c2ccc(F)cc2)c2c1CCC2)c1ccccc1. The van der Waals surface area contributed by atoms with Crippen molar-refractivity contribution in [3.8, 4) is 5.69 Å². The zero-order valence-electron chi connectivity index (χ0n) is 16.6. The van der Waals surface area contributed by atoms with Gasteiger partial charge in [0.25, 0.3) is 5.91 Å². The fourth-order valence-corrected chi connectivity index (χ4v) is 3.83. The summed E-state index contributed by atoms with van der Waals surface area (Å²) in [4.78, 5) is 25.1. The number of benzene rings is 2. The second-order valence-electron chi connectivity index (χ2n) is 7.23. The Bertz CT molecular complexity index is 1060. The summed E-state index contributed by atoms with van der Waals surface area (Å²) in [7, 11) is 1.32. The van der Waals surface area contributed by atoms with E-state index in [-0.39, 0.29) is 18.1 Å². The Balaban J connectivity index is 1.64. The number of fused-ring (bicyclic) bond motifs is 1. The van der Waals surface area contributed by atoms with Crippen LogP contribution >= 0.6 is 0 Å². The number of hydrogen-bond donors (Lipinski definition) is 1. The number of halogens is 1. The Kier molecular flexibility index (Phi) is 5.61. The van der Waals surface area contributed by atoms with Gasteiger partial charge in [0.05, 0.1) is 25.3 Å². The number of nitrogens with zero attached hydrogens (tertiary/aromatic N) is 2. The molecule has 1 aliphatic rings. The van der Waals surface area contributed by atoms with E-state index in [1.807, 2.05) is 30.3 Å². The zero-order valence-corrected chi connectivity index (χ0v) is 16.6. The standard InChI is InChI=1S/C23H22FN3O3/c1-30-21(28)14-19(15-6-3-2-4-7-15)25-23(29)22-18-8-5-9-20(18)27(26-22)17-12-10-16(24)11-13-17/h2-4,6-7,10-13,19H,5,8-9,14H2,1H3,(H,25,29)/t19-/m0/s1. The summed E-state index contributed by atoms with van der Waals surface area (Å²) in [6.45, 7) is 0. The molecule has 4 rings (SSSR count). The number of carbonyl (C=O) groups excluding carboxylic acids is 2. The van der Waals surface area contributed by atoms with Crippen LogP contribution in [0.2, 0.25) is 0 Å². The first-order valence-electron chi connectivity index (χ1n) is 9.86. The molecule has 1 heterocycles. The van der Waals surface area contributed by atoms with Gasteiger partial charge in [-0.1, -0.05) is 30.3 Å². The smallest absolute Gasteiger partial charge is 0.307 e. The van der Waals surface area contributed by atoms with E-state index in [9.17, 15) is 14.0 Å². The van der Waals surface area contributed by atoms with E-state index in [4.69, 9.17) is 4.74 Å². The molecule has 7 heteroatoms. The Morgan fingerprint density at radius 1 is 1.13 bits per heavy atom. The molecule has 1 aromatic heterocycles. The van der Waals surface area contributed by atoms with Gasteiger partial charge in [0.2, 0.25) is 0 Å². The van der Waals surface area contributed by atoms with Crippen LogP contribution in [0.1, 0.15) is 46.2 Å². The molecule has 154 valence electrons. The van der Waals surface area contributed by atoms with Crippen LogP contribution < -0.4 is 5.32 Å². The number of hydrogen-bond acceptors (Lipinski definition) is 4. The first-order valence-corrected chi connectivity index (χ1v) is 9.86. The molecule has 1 amide bonds. The largest absolute Gasteiger partial charge is 0.469 e. The van der Waals surface area contributed by atoms with Crippen LogP contribution in [0.5, 0.6) is 0 Å². The van der Waals surface area contributed by atoms with Crippen LogP contribution in [0.25, 0.3) is 5.69 Å². The van der Waals surface area contributed by atoms with Gasteiger partial charge in [-0.2, -0.15) is 5.10 Å². The highest BCUT2D eigenvalue weighted by Crippen LogP contribution is 2.28. The van der Waals surface area contributed by atoms with Crippen LogP contribution in [0, 0.1) is 5.82 Å². The van der Waals surface area contributed by atoms with E-state index in [0.29, 0.717) is 11.4 Å². The highest BCUT2D eigenvalue weighted by molar-refractivity contribution is 5.95. The van der Waals surface area contributed by atoms with Crippen molar-refractivity contribution in [1.29, 1.82) is 0 Å². The van der Waals surface area contributed by atoms with E-state index in [0.717, 1.165) is 36.1 Å².